The van der Waals surface area contributed by atoms with Crippen molar-refractivity contribution < 1.29 is 9.15 Å². The van der Waals surface area contributed by atoms with Gasteiger partial charge >= 0.3 is 0 Å². The molecular weight excluding hydrogens is 242 g/mol. The molecule has 5 nitrogen and oxygen atoms in total. The van der Waals surface area contributed by atoms with Crippen molar-refractivity contribution in [1.29, 1.82) is 0 Å². The monoisotopic (exact) mass is 261 g/mol. The maximum Gasteiger partial charge on any atom is 0.249 e. The molecule has 0 aliphatic rings. The van der Waals surface area contributed by atoms with E-state index >= 15 is 0 Å². The molecule has 2 aromatic rings. The zero-order chi connectivity index (χ0) is 13.5. The minimum atomic E-state index is -0.311. The Kier molecular flexibility index (Phi) is 5.06. The van der Waals surface area contributed by atoms with Crippen molar-refractivity contribution in [1.82, 2.24) is 15.5 Å². The molecule has 19 heavy (non-hydrogen) atoms. The summed E-state index contributed by atoms with van der Waals surface area (Å²) in [7, 11) is 1.64. The topological polar surface area (TPSA) is 60.2 Å². The Hall–Kier alpha value is -1.72. The molecule has 0 aliphatic heterocycles. The van der Waals surface area contributed by atoms with Gasteiger partial charge in [0.15, 0.2) is 6.10 Å². The maximum absolute atomic E-state index is 5.63. The highest BCUT2D eigenvalue weighted by atomic mass is 16.5. The van der Waals surface area contributed by atoms with Crippen molar-refractivity contribution in [3.05, 3.63) is 47.7 Å². The molecule has 1 atom stereocenters. The van der Waals surface area contributed by atoms with Gasteiger partial charge in [-0.2, -0.15) is 0 Å². The number of rotatable bonds is 7. The van der Waals surface area contributed by atoms with Crippen LogP contribution in [0.1, 0.15) is 36.8 Å². The Bertz CT molecular complexity index is 484. The highest BCUT2D eigenvalue weighted by Gasteiger charge is 2.19. The van der Waals surface area contributed by atoms with Crippen molar-refractivity contribution in [2.45, 2.75) is 26.0 Å². The number of ether oxygens (including phenoxy) is 1. The fraction of sp³-hybridized carbons (Fsp3) is 0.429. The summed E-state index contributed by atoms with van der Waals surface area (Å²) in [5.74, 6) is 1.07. The van der Waals surface area contributed by atoms with Gasteiger partial charge in [0.2, 0.25) is 11.8 Å². The molecule has 0 spiro atoms. The molecule has 0 bridgehead atoms. The van der Waals surface area contributed by atoms with Crippen LogP contribution in [0.25, 0.3) is 0 Å². The van der Waals surface area contributed by atoms with E-state index < -0.39 is 0 Å². The first-order chi connectivity index (χ1) is 9.35. The minimum Gasteiger partial charge on any atom is -0.421 e. The second-order valence-corrected chi connectivity index (χ2v) is 4.24. The average molecular weight is 261 g/mol. The van der Waals surface area contributed by atoms with Crippen LogP contribution in [-0.2, 0) is 11.3 Å². The van der Waals surface area contributed by atoms with Crippen LogP contribution in [0, 0.1) is 0 Å². The maximum atomic E-state index is 5.63. The number of nitrogens with one attached hydrogen (secondary N) is 1. The van der Waals surface area contributed by atoms with Gasteiger partial charge in [0.25, 0.3) is 0 Å². The van der Waals surface area contributed by atoms with Gasteiger partial charge in [0, 0.05) is 7.11 Å². The summed E-state index contributed by atoms with van der Waals surface area (Å²) in [4.78, 5) is 0. The van der Waals surface area contributed by atoms with Gasteiger partial charge in [-0.1, -0.05) is 37.3 Å². The van der Waals surface area contributed by atoms with Gasteiger partial charge in [-0.25, -0.2) is 0 Å². The largest absolute Gasteiger partial charge is 0.421 e. The fourth-order valence-electron chi connectivity index (χ4n) is 1.82. The molecule has 0 saturated carbocycles. The molecule has 1 aromatic heterocycles. The summed E-state index contributed by atoms with van der Waals surface area (Å²) < 4.78 is 11.1. The second-order valence-electron chi connectivity index (χ2n) is 4.24. The number of aromatic nitrogens is 2. The Morgan fingerprint density at radius 2 is 2.05 bits per heavy atom. The summed E-state index contributed by atoms with van der Waals surface area (Å²) in [5.41, 5.74) is 1.00. The molecule has 0 saturated heterocycles. The van der Waals surface area contributed by atoms with Crippen molar-refractivity contribution in [3.8, 4) is 0 Å². The molecular formula is C14H19N3O2. The third-order valence-corrected chi connectivity index (χ3v) is 2.75. The first-order valence-electron chi connectivity index (χ1n) is 6.46. The van der Waals surface area contributed by atoms with E-state index in [0.29, 0.717) is 18.3 Å². The van der Waals surface area contributed by atoms with Gasteiger partial charge in [0.05, 0.1) is 6.54 Å². The van der Waals surface area contributed by atoms with Crippen LogP contribution in [-0.4, -0.2) is 23.9 Å². The van der Waals surface area contributed by atoms with Crippen LogP contribution in [0.4, 0.5) is 0 Å². The molecule has 1 N–H and O–H groups in total. The van der Waals surface area contributed by atoms with Crippen LogP contribution in [0.5, 0.6) is 0 Å². The van der Waals surface area contributed by atoms with E-state index in [1.165, 1.54) is 0 Å². The number of hydrogen-bond acceptors (Lipinski definition) is 5. The summed E-state index contributed by atoms with van der Waals surface area (Å²) in [6.07, 6.45) is 0.764. The highest BCUT2D eigenvalue weighted by Crippen LogP contribution is 2.23. The molecule has 1 unspecified atom stereocenters. The molecule has 0 fully saturated rings. The van der Waals surface area contributed by atoms with E-state index in [1.807, 2.05) is 30.3 Å². The highest BCUT2D eigenvalue weighted by molar-refractivity contribution is 5.21. The summed E-state index contributed by atoms with van der Waals surface area (Å²) in [6, 6.07) is 9.84. The quantitative estimate of drug-likeness (QED) is 0.775. The molecule has 0 radical (unpaired) electrons. The minimum absolute atomic E-state index is 0.311. The third-order valence-electron chi connectivity index (χ3n) is 2.75. The van der Waals surface area contributed by atoms with Crippen LogP contribution in [0.2, 0.25) is 0 Å². The van der Waals surface area contributed by atoms with Gasteiger partial charge in [-0.3, -0.25) is 0 Å². The Labute approximate surface area is 113 Å². The van der Waals surface area contributed by atoms with Crippen molar-refractivity contribution in [2.75, 3.05) is 13.7 Å². The smallest absolute Gasteiger partial charge is 0.249 e. The molecule has 5 heteroatoms. The second kappa shape index (κ2) is 7.01. The predicted molar refractivity (Wildman–Crippen MR) is 71.6 cm³/mol. The van der Waals surface area contributed by atoms with E-state index in [0.717, 1.165) is 18.5 Å². The zero-order valence-corrected chi connectivity index (χ0v) is 11.3. The normalized spacial score (nSPS) is 12.5. The lowest BCUT2D eigenvalue weighted by Crippen LogP contribution is -2.13. The van der Waals surface area contributed by atoms with Crippen LogP contribution in [0.3, 0.4) is 0 Å². The van der Waals surface area contributed by atoms with E-state index in [4.69, 9.17) is 9.15 Å². The van der Waals surface area contributed by atoms with Crippen LogP contribution in [0.15, 0.2) is 34.7 Å². The van der Waals surface area contributed by atoms with Crippen LogP contribution >= 0.6 is 0 Å². The van der Waals surface area contributed by atoms with Crippen molar-refractivity contribution >= 4 is 0 Å². The summed E-state index contributed by atoms with van der Waals surface area (Å²) in [5, 5.41) is 11.3. The first-order valence-corrected chi connectivity index (χ1v) is 6.46. The standard InChI is InChI=1S/C14H19N3O2/c1-3-9-15-10-12-16-17-14(19-12)13(18-2)11-7-5-4-6-8-11/h4-8,13,15H,3,9-10H2,1-2H3. The molecule has 0 aliphatic carbocycles. The van der Waals surface area contributed by atoms with Crippen molar-refractivity contribution in [2.24, 2.45) is 0 Å². The first kappa shape index (κ1) is 13.7. The molecule has 1 heterocycles. The van der Waals surface area contributed by atoms with Gasteiger partial charge in [0.1, 0.15) is 0 Å². The van der Waals surface area contributed by atoms with Gasteiger partial charge in [-0.05, 0) is 18.5 Å². The number of methoxy groups -OCH3 is 1. The van der Waals surface area contributed by atoms with Gasteiger partial charge < -0.3 is 14.5 Å². The summed E-state index contributed by atoms with van der Waals surface area (Å²) >= 11 is 0. The van der Waals surface area contributed by atoms with Gasteiger partial charge in [-0.15, -0.1) is 10.2 Å². The van der Waals surface area contributed by atoms with Crippen molar-refractivity contribution in [3.63, 3.8) is 0 Å². The van der Waals surface area contributed by atoms with Crippen LogP contribution < -0.4 is 5.32 Å². The SMILES string of the molecule is CCCNCc1nnc(C(OC)c2ccccc2)o1. The third kappa shape index (κ3) is 3.62. The Morgan fingerprint density at radius 3 is 2.74 bits per heavy atom. The average Bonchev–Trinajstić information content (AvgIpc) is 2.90. The fourth-order valence-corrected chi connectivity index (χ4v) is 1.82. The molecule has 102 valence electrons. The Balaban J connectivity index is 2.07. The molecule has 2 rings (SSSR count). The van der Waals surface area contributed by atoms with E-state index in [2.05, 4.69) is 22.4 Å². The van der Waals surface area contributed by atoms with E-state index in [1.54, 1.807) is 7.11 Å². The van der Waals surface area contributed by atoms with E-state index in [9.17, 15) is 0 Å². The predicted octanol–water partition coefficient (Wildman–Crippen LogP) is 2.31. The number of benzene rings is 1. The number of hydrogen-bond donors (Lipinski definition) is 1. The lowest BCUT2D eigenvalue weighted by atomic mass is 10.1. The molecule has 0 amide bonds. The Morgan fingerprint density at radius 1 is 1.26 bits per heavy atom. The number of nitrogens with zero attached hydrogens (tertiary/aromatic N) is 2. The zero-order valence-electron chi connectivity index (χ0n) is 11.3. The molecule has 1 aromatic carbocycles. The summed E-state index contributed by atoms with van der Waals surface area (Å²) in [6.45, 7) is 3.64. The van der Waals surface area contributed by atoms with E-state index in [-0.39, 0.29) is 6.10 Å². The lowest BCUT2D eigenvalue weighted by Gasteiger charge is -2.10. The lowest BCUT2D eigenvalue weighted by molar-refractivity contribution is 0.110.